The Hall–Kier alpha value is -1.61. The largest absolute Gasteiger partial charge is 0.344 e. The lowest BCUT2D eigenvalue weighted by atomic mass is 10.0. The van der Waals surface area contributed by atoms with E-state index in [0.717, 1.165) is 4.88 Å². The van der Waals surface area contributed by atoms with Crippen molar-refractivity contribution in [2.45, 2.75) is 25.8 Å². The molecular formula is C16H17NOS. The lowest BCUT2D eigenvalue weighted by molar-refractivity contribution is 0.0936. The summed E-state index contributed by atoms with van der Waals surface area (Å²) in [5.74, 6) is 0.659. The zero-order chi connectivity index (χ0) is 13.2. The van der Waals surface area contributed by atoms with Crippen molar-refractivity contribution in [2.24, 2.45) is 5.92 Å². The Balaban J connectivity index is 1.77. The van der Waals surface area contributed by atoms with Crippen LogP contribution >= 0.6 is 11.3 Å². The van der Waals surface area contributed by atoms with Crippen LogP contribution in [-0.4, -0.2) is 5.91 Å². The fraction of sp³-hybridized carbons (Fsp3) is 0.312. The Morgan fingerprint density at radius 2 is 1.95 bits per heavy atom. The third-order valence-corrected chi connectivity index (χ3v) is 4.50. The van der Waals surface area contributed by atoms with E-state index in [-0.39, 0.29) is 11.9 Å². The van der Waals surface area contributed by atoms with Crippen molar-refractivity contribution in [3.05, 3.63) is 57.8 Å². The number of hydrogen-bond donors (Lipinski definition) is 1. The lowest BCUT2D eigenvalue weighted by Gasteiger charge is -2.18. The molecule has 0 aliphatic heterocycles. The molecule has 1 heterocycles. The van der Waals surface area contributed by atoms with Gasteiger partial charge in [0, 0.05) is 4.88 Å². The quantitative estimate of drug-likeness (QED) is 0.896. The maximum absolute atomic E-state index is 12.3. The van der Waals surface area contributed by atoms with Crippen LogP contribution in [0.25, 0.3) is 0 Å². The topological polar surface area (TPSA) is 29.1 Å². The molecule has 0 radical (unpaired) electrons. The van der Waals surface area contributed by atoms with Crippen molar-refractivity contribution in [2.75, 3.05) is 0 Å². The Morgan fingerprint density at radius 1 is 1.21 bits per heavy atom. The van der Waals surface area contributed by atoms with E-state index in [1.807, 2.05) is 37.3 Å². The van der Waals surface area contributed by atoms with Gasteiger partial charge in [0.2, 0.25) is 0 Å². The molecule has 1 saturated carbocycles. The molecule has 98 valence electrons. The van der Waals surface area contributed by atoms with Crippen LogP contribution in [0.4, 0.5) is 0 Å². The molecule has 0 bridgehead atoms. The Labute approximate surface area is 117 Å². The lowest BCUT2D eigenvalue weighted by Crippen LogP contribution is -2.29. The van der Waals surface area contributed by atoms with Gasteiger partial charge in [0.15, 0.2) is 0 Å². The normalized spacial score (nSPS) is 16.1. The molecule has 1 aliphatic rings. The van der Waals surface area contributed by atoms with Gasteiger partial charge in [0.25, 0.3) is 5.91 Å². The van der Waals surface area contributed by atoms with E-state index in [0.29, 0.717) is 5.92 Å². The van der Waals surface area contributed by atoms with Gasteiger partial charge in [0.1, 0.15) is 0 Å². The van der Waals surface area contributed by atoms with Gasteiger partial charge in [-0.05, 0) is 43.4 Å². The summed E-state index contributed by atoms with van der Waals surface area (Å²) < 4.78 is 0. The van der Waals surface area contributed by atoms with E-state index in [1.54, 1.807) is 11.3 Å². The summed E-state index contributed by atoms with van der Waals surface area (Å²) in [5.41, 5.74) is 1.21. The highest BCUT2D eigenvalue weighted by Crippen LogP contribution is 2.41. The van der Waals surface area contributed by atoms with Gasteiger partial charge >= 0.3 is 0 Å². The van der Waals surface area contributed by atoms with Crippen molar-refractivity contribution in [3.8, 4) is 0 Å². The maximum Gasteiger partial charge on any atom is 0.261 e. The summed E-state index contributed by atoms with van der Waals surface area (Å²) in [5, 5.41) is 3.20. The van der Waals surface area contributed by atoms with Crippen LogP contribution in [0.2, 0.25) is 0 Å². The van der Waals surface area contributed by atoms with Crippen LogP contribution < -0.4 is 5.32 Å². The standard InChI is InChI=1S/C16H17NOS/c1-11-7-10-14(19-11)16(18)17-15(13-8-9-13)12-5-3-2-4-6-12/h2-7,10,13,15H,8-9H2,1H3,(H,17,18). The molecule has 2 aromatic rings. The van der Waals surface area contributed by atoms with Crippen LogP contribution in [0, 0.1) is 12.8 Å². The zero-order valence-electron chi connectivity index (χ0n) is 10.9. The molecule has 1 unspecified atom stereocenters. The number of amides is 1. The van der Waals surface area contributed by atoms with E-state index >= 15 is 0 Å². The third-order valence-electron chi connectivity index (χ3n) is 3.50. The van der Waals surface area contributed by atoms with Crippen LogP contribution in [0.5, 0.6) is 0 Å². The van der Waals surface area contributed by atoms with Gasteiger partial charge in [-0.1, -0.05) is 30.3 Å². The second-order valence-electron chi connectivity index (χ2n) is 5.11. The minimum absolute atomic E-state index is 0.0545. The molecule has 19 heavy (non-hydrogen) atoms. The molecular weight excluding hydrogens is 254 g/mol. The van der Waals surface area contributed by atoms with Crippen LogP contribution in [0.1, 0.15) is 39.0 Å². The van der Waals surface area contributed by atoms with E-state index < -0.39 is 0 Å². The molecule has 1 atom stereocenters. The van der Waals surface area contributed by atoms with Gasteiger partial charge in [-0.2, -0.15) is 0 Å². The number of aryl methyl sites for hydroxylation is 1. The van der Waals surface area contributed by atoms with Crippen molar-refractivity contribution in [3.63, 3.8) is 0 Å². The highest BCUT2D eigenvalue weighted by atomic mass is 32.1. The van der Waals surface area contributed by atoms with Crippen LogP contribution in [0.15, 0.2) is 42.5 Å². The predicted molar refractivity (Wildman–Crippen MR) is 78.4 cm³/mol. The van der Waals surface area contributed by atoms with E-state index in [9.17, 15) is 4.79 Å². The van der Waals surface area contributed by atoms with Crippen LogP contribution in [0.3, 0.4) is 0 Å². The van der Waals surface area contributed by atoms with E-state index in [2.05, 4.69) is 17.4 Å². The molecule has 1 fully saturated rings. The monoisotopic (exact) mass is 271 g/mol. The minimum atomic E-state index is 0.0545. The van der Waals surface area contributed by atoms with Gasteiger partial charge in [-0.15, -0.1) is 11.3 Å². The fourth-order valence-electron chi connectivity index (χ4n) is 2.33. The van der Waals surface area contributed by atoms with Gasteiger partial charge < -0.3 is 5.32 Å². The molecule has 1 aromatic carbocycles. The number of benzene rings is 1. The van der Waals surface area contributed by atoms with Crippen molar-refractivity contribution < 1.29 is 4.79 Å². The van der Waals surface area contributed by atoms with E-state index in [4.69, 9.17) is 0 Å². The van der Waals surface area contributed by atoms with Crippen molar-refractivity contribution in [1.29, 1.82) is 0 Å². The first-order valence-corrected chi connectivity index (χ1v) is 7.48. The molecule has 2 nitrogen and oxygen atoms in total. The Bertz CT molecular complexity index is 571. The molecule has 1 N–H and O–H groups in total. The Morgan fingerprint density at radius 3 is 2.53 bits per heavy atom. The fourth-order valence-corrected chi connectivity index (χ4v) is 3.10. The predicted octanol–water partition coefficient (Wildman–Crippen LogP) is 3.94. The average Bonchev–Trinajstić information content (AvgIpc) is 3.18. The SMILES string of the molecule is Cc1ccc(C(=O)NC(c2ccccc2)C2CC2)s1. The van der Waals surface area contributed by atoms with Gasteiger partial charge in [-0.3, -0.25) is 4.79 Å². The summed E-state index contributed by atoms with van der Waals surface area (Å²) in [6.07, 6.45) is 2.42. The zero-order valence-corrected chi connectivity index (χ0v) is 11.7. The smallest absolute Gasteiger partial charge is 0.261 e. The van der Waals surface area contributed by atoms with Crippen molar-refractivity contribution >= 4 is 17.2 Å². The summed E-state index contributed by atoms with van der Waals surface area (Å²) in [6, 6.07) is 14.3. The highest BCUT2D eigenvalue weighted by molar-refractivity contribution is 7.13. The summed E-state index contributed by atoms with van der Waals surface area (Å²) in [6.45, 7) is 2.02. The molecule has 0 spiro atoms. The number of carbonyl (C=O) groups is 1. The van der Waals surface area contributed by atoms with E-state index in [1.165, 1.54) is 23.3 Å². The number of hydrogen-bond acceptors (Lipinski definition) is 2. The average molecular weight is 271 g/mol. The van der Waals surface area contributed by atoms with Gasteiger partial charge in [0.05, 0.1) is 10.9 Å². The molecule has 1 aliphatic carbocycles. The molecule has 3 rings (SSSR count). The molecule has 1 amide bonds. The van der Waals surface area contributed by atoms with Crippen LogP contribution in [-0.2, 0) is 0 Å². The third kappa shape index (κ3) is 2.87. The first-order chi connectivity index (χ1) is 9.24. The molecule has 3 heteroatoms. The first kappa shape index (κ1) is 12.4. The number of nitrogens with one attached hydrogen (secondary N) is 1. The van der Waals surface area contributed by atoms with Gasteiger partial charge in [-0.25, -0.2) is 0 Å². The molecule has 1 aromatic heterocycles. The second kappa shape index (κ2) is 5.17. The first-order valence-electron chi connectivity index (χ1n) is 6.66. The highest BCUT2D eigenvalue weighted by Gasteiger charge is 2.33. The summed E-state index contributed by atoms with van der Waals surface area (Å²) >= 11 is 1.55. The number of carbonyl (C=O) groups excluding carboxylic acids is 1. The Kier molecular flexibility index (Phi) is 3.38. The minimum Gasteiger partial charge on any atom is -0.344 e. The number of rotatable bonds is 4. The van der Waals surface area contributed by atoms with Crippen molar-refractivity contribution in [1.82, 2.24) is 5.32 Å². The maximum atomic E-state index is 12.3. The number of thiophene rings is 1. The summed E-state index contributed by atoms with van der Waals surface area (Å²) in [4.78, 5) is 14.3. The molecule has 0 saturated heterocycles. The summed E-state index contributed by atoms with van der Waals surface area (Å²) in [7, 11) is 0. The second-order valence-corrected chi connectivity index (χ2v) is 6.40.